The van der Waals surface area contributed by atoms with Crippen molar-refractivity contribution in [2.24, 2.45) is 0 Å². The van der Waals surface area contributed by atoms with Crippen LogP contribution in [-0.2, 0) is 0 Å². The van der Waals surface area contributed by atoms with Crippen molar-refractivity contribution in [1.29, 1.82) is 0 Å². The van der Waals surface area contributed by atoms with Crippen molar-refractivity contribution < 1.29 is 0 Å². The van der Waals surface area contributed by atoms with Gasteiger partial charge in [-0.05, 0) is 18.2 Å². The van der Waals surface area contributed by atoms with Crippen LogP contribution in [0, 0.1) is 0 Å². The molecule has 1 aromatic carbocycles. The number of benzene rings is 1. The molecule has 0 unspecified atom stereocenters. The summed E-state index contributed by atoms with van der Waals surface area (Å²) in [4.78, 5) is -0.484. The van der Waals surface area contributed by atoms with E-state index in [-0.39, 0.29) is 0 Å². The minimum absolute atomic E-state index is 0.484. The van der Waals surface area contributed by atoms with Gasteiger partial charge in [-0.25, -0.2) is 0 Å². The molecule has 0 aliphatic rings. The number of halogens is 4. The molecule has 0 saturated heterocycles. The second kappa shape index (κ2) is 4.13. The molecule has 0 heterocycles. The topological polar surface area (TPSA) is 0 Å². The van der Waals surface area contributed by atoms with E-state index in [1.54, 1.807) is 0 Å². The van der Waals surface area contributed by atoms with Crippen molar-refractivity contribution in [3.63, 3.8) is 0 Å². The van der Waals surface area contributed by atoms with Crippen LogP contribution in [0.2, 0.25) is 0 Å². The van der Waals surface area contributed by atoms with Crippen LogP contribution in [0.1, 0.15) is 10.4 Å². The fourth-order valence-corrected chi connectivity index (χ4v) is 2.16. The molecule has 0 aromatic heterocycles. The first kappa shape index (κ1) is 9.85. The lowest BCUT2D eigenvalue weighted by molar-refractivity contribution is 1.31. The molecule has 0 fully saturated rings. The number of alkyl halides is 2. The highest BCUT2D eigenvalue weighted by Crippen LogP contribution is 2.32. The van der Waals surface area contributed by atoms with Crippen LogP contribution in [0.5, 0.6) is 0 Å². The molecular formula is C7H4Br2Cl2. The first-order valence-electron chi connectivity index (χ1n) is 2.84. The van der Waals surface area contributed by atoms with Crippen LogP contribution in [0.25, 0.3) is 0 Å². The summed E-state index contributed by atoms with van der Waals surface area (Å²) in [5.41, 5.74) is 0.878. The van der Waals surface area contributed by atoms with E-state index in [1.165, 1.54) is 0 Å². The van der Waals surface area contributed by atoms with Crippen LogP contribution in [-0.4, -0.2) is 0 Å². The standard InChI is InChI=1S/C7H4Br2Cl2/c8-4-1-2-6(9)5(3-4)7(10)11/h1-3,7H. The zero-order chi connectivity index (χ0) is 8.43. The Hall–Kier alpha value is 0.760. The minimum Gasteiger partial charge on any atom is -0.100 e. The van der Waals surface area contributed by atoms with Gasteiger partial charge < -0.3 is 0 Å². The van der Waals surface area contributed by atoms with E-state index in [9.17, 15) is 0 Å². The number of hydrogen-bond donors (Lipinski definition) is 0. The summed E-state index contributed by atoms with van der Waals surface area (Å²) < 4.78 is 1.90. The average molecular weight is 319 g/mol. The van der Waals surface area contributed by atoms with Crippen molar-refractivity contribution in [3.8, 4) is 0 Å². The van der Waals surface area contributed by atoms with E-state index in [4.69, 9.17) is 23.2 Å². The van der Waals surface area contributed by atoms with Gasteiger partial charge in [-0.2, -0.15) is 0 Å². The molecule has 4 heteroatoms. The van der Waals surface area contributed by atoms with Crippen molar-refractivity contribution in [3.05, 3.63) is 32.7 Å². The lowest BCUT2D eigenvalue weighted by Crippen LogP contribution is -1.83. The molecule has 0 N–H and O–H groups in total. The van der Waals surface area contributed by atoms with E-state index in [0.717, 1.165) is 14.5 Å². The van der Waals surface area contributed by atoms with Gasteiger partial charge in [-0.1, -0.05) is 31.9 Å². The largest absolute Gasteiger partial charge is 0.133 e. The van der Waals surface area contributed by atoms with Gasteiger partial charge in [0, 0.05) is 14.5 Å². The molecule has 0 nitrogen and oxygen atoms in total. The minimum atomic E-state index is -0.484. The third kappa shape index (κ3) is 2.62. The Morgan fingerprint density at radius 3 is 2.27 bits per heavy atom. The summed E-state index contributed by atoms with van der Waals surface area (Å²) in [6, 6.07) is 5.70. The van der Waals surface area contributed by atoms with Gasteiger partial charge in [0.1, 0.15) is 4.84 Å². The van der Waals surface area contributed by atoms with E-state index in [1.807, 2.05) is 18.2 Å². The Kier molecular flexibility index (Phi) is 3.69. The van der Waals surface area contributed by atoms with E-state index < -0.39 is 4.84 Å². The van der Waals surface area contributed by atoms with E-state index in [2.05, 4.69) is 31.9 Å². The van der Waals surface area contributed by atoms with Gasteiger partial charge in [-0.3, -0.25) is 0 Å². The Balaban J connectivity index is 3.13. The highest BCUT2D eigenvalue weighted by Gasteiger charge is 2.07. The summed E-state index contributed by atoms with van der Waals surface area (Å²) in [6.45, 7) is 0. The zero-order valence-electron chi connectivity index (χ0n) is 5.32. The normalized spacial score (nSPS) is 10.6. The van der Waals surface area contributed by atoms with Crippen LogP contribution in [0.4, 0.5) is 0 Å². The molecule has 0 radical (unpaired) electrons. The third-order valence-corrected chi connectivity index (χ3v) is 2.88. The average Bonchev–Trinajstić information content (AvgIpc) is 1.94. The van der Waals surface area contributed by atoms with Gasteiger partial charge in [0.15, 0.2) is 0 Å². The maximum absolute atomic E-state index is 5.69. The van der Waals surface area contributed by atoms with Gasteiger partial charge in [0.25, 0.3) is 0 Å². The fourth-order valence-electron chi connectivity index (χ4n) is 0.682. The summed E-state index contributed by atoms with van der Waals surface area (Å²) in [7, 11) is 0. The maximum atomic E-state index is 5.69. The van der Waals surface area contributed by atoms with Crippen LogP contribution >= 0.6 is 55.1 Å². The molecule has 0 aliphatic heterocycles. The van der Waals surface area contributed by atoms with Crippen LogP contribution in [0.15, 0.2) is 27.1 Å². The molecule has 0 amide bonds. The van der Waals surface area contributed by atoms with Gasteiger partial charge in [0.05, 0.1) is 0 Å². The summed E-state index contributed by atoms with van der Waals surface area (Å²) in [6.07, 6.45) is 0. The van der Waals surface area contributed by atoms with Gasteiger partial charge in [0.2, 0.25) is 0 Å². The SMILES string of the molecule is ClC(Cl)c1cc(Br)ccc1Br. The molecule has 0 bridgehead atoms. The predicted molar refractivity (Wildman–Crippen MR) is 56.3 cm³/mol. The van der Waals surface area contributed by atoms with Crippen molar-refractivity contribution in [2.75, 3.05) is 0 Å². The second-order valence-corrected chi connectivity index (χ2v) is 4.83. The maximum Gasteiger partial charge on any atom is 0.133 e. The van der Waals surface area contributed by atoms with Crippen molar-refractivity contribution >= 4 is 55.1 Å². The first-order chi connectivity index (χ1) is 5.11. The monoisotopic (exact) mass is 316 g/mol. The molecule has 0 spiro atoms. The highest BCUT2D eigenvalue weighted by molar-refractivity contribution is 9.11. The zero-order valence-corrected chi connectivity index (χ0v) is 10.0. The van der Waals surface area contributed by atoms with Crippen molar-refractivity contribution in [1.82, 2.24) is 0 Å². The predicted octanol–water partition coefficient (Wildman–Crippen LogP) is 4.69. The first-order valence-corrected chi connectivity index (χ1v) is 5.30. The Bertz CT molecular complexity index is 261. The summed E-state index contributed by atoms with van der Waals surface area (Å²) >= 11 is 18.1. The second-order valence-electron chi connectivity index (χ2n) is 1.97. The quantitative estimate of drug-likeness (QED) is 0.659. The van der Waals surface area contributed by atoms with Crippen molar-refractivity contribution in [2.45, 2.75) is 4.84 Å². The number of hydrogen-bond acceptors (Lipinski definition) is 0. The molecule has 1 aromatic rings. The molecule has 1 rings (SSSR count). The lowest BCUT2D eigenvalue weighted by Gasteiger charge is -2.04. The van der Waals surface area contributed by atoms with Gasteiger partial charge >= 0.3 is 0 Å². The molecule has 0 saturated carbocycles. The summed E-state index contributed by atoms with van der Waals surface area (Å²) in [5.74, 6) is 0. The Labute approximate surface area is 92.1 Å². The lowest BCUT2D eigenvalue weighted by atomic mass is 10.2. The van der Waals surface area contributed by atoms with Crippen LogP contribution in [0.3, 0.4) is 0 Å². The van der Waals surface area contributed by atoms with E-state index in [0.29, 0.717) is 0 Å². The smallest absolute Gasteiger partial charge is 0.100 e. The third-order valence-electron chi connectivity index (χ3n) is 1.19. The van der Waals surface area contributed by atoms with Crippen LogP contribution < -0.4 is 0 Å². The van der Waals surface area contributed by atoms with Gasteiger partial charge in [-0.15, -0.1) is 23.2 Å². The summed E-state index contributed by atoms with van der Waals surface area (Å²) in [5, 5.41) is 0. The molecule has 0 aliphatic carbocycles. The molecular weight excluding hydrogens is 315 g/mol. The molecule has 11 heavy (non-hydrogen) atoms. The van der Waals surface area contributed by atoms with E-state index >= 15 is 0 Å². The highest BCUT2D eigenvalue weighted by atomic mass is 79.9. The Morgan fingerprint density at radius 2 is 1.82 bits per heavy atom. The molecule has 60 valence electrons. The fraction of sp³-hybridized carbons (Fsp3) is 0.143. The number of rotatable bonds is 1. The molecule has 0 atom stereocenters. The Morgan fingerprint density at radius 1 is 1.18 bits per heavy atom.